The molecule has 0 amide bonds. The Kier molecular flexibility index (Phi) is 4.54. The van der Waals surface area contributed by atoms with Gasteiger partial charge in [0.2, 0.25) is 0 Å². The Morgan fingerprint density at radius 2 is 2.20 bits per heavy atom. The zero-order valence-electron chi connectivity index (χ0n) is 9.60. The van der Waals surface area contributed by atoms with Crippen molar-refractivity contribution >= 4 is 5.97 Å². The Balaban J connectivity index is 2.38. The number of carbonyl (C=O) groups is 1. The van der Waals surface area contributed by atoms with Gasteiger partial charge in [0.15, 0.2) is 0 Å². The lowest BCUT2D eigenvalue weighted by molar-refractivity contribution is -0.150. The summed E-state index contributed by atoms with van der Waals surface area (Å²) in [4.78, 5) is 11.3. The van der Waals surface area contributed by atoms with Gasteiger partial charge in [0.05, 0.1) is 31.3 Å². The molecule has 0 aromatic rings. The molecule has 1 heterocycles. The van der Waals surface area contributed by atoms with Crippen molar-refractivity contribution in [2.45, 2.75) is 51.4 Å². The molecule has 0 bridgehead atoms. The molecule has 4 nitrogen and oxygen atoms in total. The molecule has 4 atom stereocenters. The van der Waals surface area contributed by atoms with E-state index in [1.807, 2.05) is 6.92 Å². The minimum atomic E-state index is -0.345. The van der Waals surface area contributed by atoms with E-state index in [1.165, 1.54) is 7.11 Å². The maximum absolute atomic E-state index is 11.3. The van der Waals surface area contributed by atoms with Crippen LogP contribution in [0.2, 0.25) is 0 Å². The molecule has 1 fully saturated rings. The summed E-state index contributed by atoms with van der Waals surface area (Å²) in [5.74, 6) is -0.438. The lowest BCUT2D eigenvalue weighted by Gasteiger charge is -2.18. The van der Waals surface area contributed by atoms with Crippen molar-refractivity contribution in [1.82, 2.24) is 0 Å². The minimum absolute atomic E-state index is 0.0544. The van der Waals surface area contributed by atoms with Gasteiger partial charge in [0, 0.05) is 0 Å². The van der Waals surface area contributed by atoms with Crippen LogP contribution in [0.25, 0.3) is 0 Å². The largest absolute Gasteiger partial charge is 0.469 e. The van der Waals surface area contributed by atoms with Crippen molar-refractivity contribution in [1.29, 1.82) is 0 Å². The lowest BCUT2D eigenvalue weighted by atomic mass is 10.0. The van der Waals surface area contributed by atoms with Crippen LogP contribution in [0.5, 0.6) is 0 Å². The highest BCUT2D eigenvalue weighted by molar-refractivity contribution is 5.72. The fraction of sp³-hybridized carbons (Fsp3) is 0.909. The third-order valence-electron chi connectivity index (χ3n) is 2.88. The van der Waals surface area contributed by atoms with Gasteiger partial charge in [-0.3, -0.25) is 4.79 Å². The van der Waals surface area contributed by atoms with E-state index in [0.717, 1.165) is 12.8 Å². The number of aliphatic hydroxyl groups excluding tert-OH is 1. The summed E-state index contributed by atoms with van der Waals surface area (Å²) in [5, 5.41) is 9.22. The Morgan fingerprint density at radius 1 is 1.53 bits per heavy atom. The highest BCUT2D eigenvalue weighted by Gasteiger charge is 2.33. The van der Waals surface area contributed by atoms with Gasteiger partial charge in [-0.2, -0.15) is 0 Å². The van der Waals surface area contributed by atoms with Gasteiger partial charge in [-0.05, 0) is 33.1 Å². The predicted molar refractivity (Wildman–Crippen MR) is 55.4 cm³/mol. The van der Waals surface area contributed by atoms with Crippen LogP contribution in [-0.2, 0) is 14.3 Å². The third-order valence-corrected chi connectivity index (χ3v) is 2.88. The van der Waals surface area contributed by atoms with Crippen LogP contribution in [0.1, 0.15) is 33.1 Å². The predicted octanol–water partition coefficient (Wildman–Crippen LogP) is 1.11. The van der Waals surface area contributed by atoms with E-state index in [4.69, 9.17) is 4.74 Å². The highest BCUT2D eigenvalue weighted by Crippen LogP contribution is 2.28. The number of hydrogen-bond donors (Lipinski definition) is 1. The molecule has 4 heteroatoms. The normalized spacial score (nSPS) is 29.9. The molecule has 0 spiro atoms. The van der Waals surface area contributed by atoms with Crippen molar-refractivity contribution in [3.05, 3.63) is 0 Å². The van der Waals surface area contributed by atoms with Crippen LogP contribution in [0.4, 0.5) is 0 Å². The van der Waals surface area contributed by atoms with Crippen LogP contribution >= 0.6 is 0 Å². The monoisotopic (exact) mass is 216 g/mol. The molecule has 1 aliphatic rings. The smallest absolute Gasteiger partial charge is 0.311 e. The van der Waals surface area contributed by atoms with Gasteiger partial charge in [-0.15, -0.1) is 0 Å². The van der Waals surface area contributed by atoms with Crippen LogP contribution in [0, 0.1) is 5.92 Å². The summed E-state index contributed by atoms with van der Waals surface area (Å²) in [6.07, 6.45) is 2.11. The summed E-state index contributed by atoms with van der Waals surface area (Å²) in [6, 6.07) is 0. The van der Waals surface area contributed by atoms with Gasteiger partial charge < -0.3 is 14.6 Å². The van der Waals surface area contributed by atoms with E-state index in [0.29, 0.717) is 6.42 Å². The van der Waals surface area contributed by atoms with Crippen LogP contribution in [-0.4, -0.2) is 36.5 Å². The Bertz CT molecular complexity index is 215. The van der Waals surface area contributed by atoms with Gasteiger partial charge in [0.1, 0.15) is 0 Å². The maximum atomic E-state index is 11.3. The quantitative estimate of drug-likeness (QED) is 0.715. The fourth-order valence-electron chi connectivity index (χ4n) is 1.99. The summed E-state index contributed by atoms with van der Waals surface area (Å²) in [5.41, 5.74) is 0. The summed E-state index contributed by atoms with van der Waals surface area (Å²) >= 11 is 0. The SMILES string of the molecule is COC(=O)[C@@H](C)[C@H]1CC[C@H](C[C@@H](C)O)O1. The molecule has 0 unspecified atom stereocenters. The van der Waals surface area contributed by atoms with Gasteiger partial charge in [-0.25, -0.2) is 0 Å². The highest BCUT2D eigenvalue weighted by atomic mass is 16.5. The number of methoxy groups -OCH3 is 1. The zero-order valence-corrected chi connectivity index (χ0v) is 9.60. The second kappa shape index (κ2) is 5.47. The number of aliphatic hydroxyl groups is 1. The Morgan fingerprint density at radius 3 is 2.73 bits per heavy atom. The molecular weight excluding hydrogens is 196 g/mol. The van der Waals surface area contributed by atoms with Crippen LogP contribution in [0.15, 0.2) is 0 Å². The molecule has 0 radical (unpaired) electrons. The van der Waals surface area contributed by atoms with Crippen molar-refractivity contribution in [2.24, 2.45) is 5.92 Å². The number of rotatable bonds is 4. The Labute approximate surface area is 90.6 Å². The molecular formula is C11H20O4. The minimum Gasteiger partial charge on any atom is -0.469 e. The number of carbonyl (C=O) groups excluding carboxylic acids is 1. The standard InChI is InChI=1S/C11H20O4/c1-7(12)6-9-4-5-10(15-9)8(2)11(13)14-3/h7-10,12H,4-6H2,1-3H3/t7-,8+,9-,10-/m1/s1. The van der Waals surface area contributed by atoms with Gasteiger partial charge >= 0.3 is 5.97 Å². The molecule has 15 heavy (non-hydrogen) atoms. The van der Waals surface area contributed by atoms with Gasteiger partial charge in [-0.1, -0.05) is 0 Å². The average molecular weight is 216 g/mol. The second-order valence-electron chi connectivity index (χ2n) is 4.27. The zero-order chi connectivity index (χ0) is 11.4. The summed E-state index contributed by atoms with van der Waals surface area (Å²) < 4.78 is 10.4. The molecule has 0 aromatic carbocycles. The molecule has 88 valence electrons. The summed E-state index contributed by atoms with van der Waals surface area (Å²) in [6.45, 7) is 3.57. The Hall–Kier alpha value is -0.610. The second-order valence-corrected chi connectivity index (χ2v) is 4.27. The first-order valence-corrected chi connectivity index (χ1v) is 5.46. The van der Waals surface area contributed by atoms with Crippen LogP contribution in [0.3, 0.4) is 0 Å². The van der Waals surface area contributed by atoms with E-state index in [9.17, 15) is 9.90 Å². The molecule has 0 saturated carbocycles. The fourth-order valence-corrected chi connectivity index (χ4v) is 1.99. The summed E-state index contributed by atoms with van der Waals surface area (Å²) in [7, 11) is 1.39. The number of hydrogen-bond acceptors (Lipinski definition) is 4. The van der Waals surface area contributed by atoms with Gasteiger partial charge in [0.25, 0.3) is 0 Å². The van der Waals surface area contributed by atoms with Crippen molar-refractivity contribution < 1.29 is 19.4 Å². The van der Waals surface area contributed by atoms with E-state index >= 15 is 0 Å². The van der Waals surface area contributed by atoms with E-state index in [-0.39, 0.29) is 30.2 Å². The van der Waals surface area contributed by atoms with Crippen molar-refractivity contribution in [2.75, 3.05) is 7.11 Å². The molecule has 0 aromatic heterocycles. The van der Waals surface area contributed by atoms with Crippen molar-refractivity contribution in [3.8, 4) is 0 Å². The lowest BCUT2D eigenvalue weighted by Crippen LogP contribution is -2.27. The first-order valence-electron chi connectivity index (χ1n) is 5.46. The maximum Gasteiger partial charge on any atom is 0.311 e. The molecule has 1 saturated heterocycles. The van der Waals surface area contributed by atoms with Crippen molar-refractivity contribution in [3.63, 3.8) is 0 Å². The molecule has 1 aliphatic heterocycles. The molecule has 1 rings (SSSR count). The first-order chi connectivity index (χ1) is 7.04. The van der Waals surface area contributed by atoms with E-state index in [1.54, 1.807) is 6.92 Å². The number of ether oxygens (including phenoxy) is 2. The first kappa shape index (κ1) is 12.5. The average Bonchev–Trinajstić information content (AvgIpc) is 2.63. The van der Waals surface area contributed by atoms with E-state index in [2.05, 4.69) is 4.74 Å². The third kappa shape index (κ3) is 3.47. The van der Waals surface area contributed by atoms with Crippen LogP contribution < -0.4 is 0 Å². The number of esters is 1. The van der Waals surface area contributed by atoms with E-state index < -0.39 is 0 Å². The topological polar surface area (TPSA) is 55.8 Å². The molecule has 1 N–H and O–H groups in total. The molecule has 0 aliphatic carbocycles.